The van der Waals surface area contributed by atoms with Crippen molar-refractivity contribution in [1.82, 2.24) is 10.1 Å². The quantitative estimate of drug-likeness (QED) is 0.793. The smallest absolute Gasteiger partial charge is 0.231 e. The summed E-state index contributed by atoms with van der Waals surface area (Å²) in [6.07, 6.45) is 1.16. The average Bonchev–Trinajstić information content (AvgIpc) is 2.91. The summed E-state index contributed by atoms with van der Waals surface area (Å²) in [7, 11) is 0. The Bertz CT molecular complexity index is 584. The highest BCUT2D eigenvalue weighted by molar-refractivity contribution is 5.20. The highest BCUT2D eigenvalue weighted by Crippen LogP contribution is 2.17. The molecule has 0 aliphatic carbocycles. The molecule has 0 aliphatic rings. The number of nitrogens with two attached hydrogens (primary N) is 1. The molecule has 1 aromatic heterocycles. The van der Waals surface area contributed by atoms with E-state index in [4.69, 9.17) is 15.0 Å². The van der Waals surface area contributed by atoms with E-state index in [0.29, 0.717) is 30.5 Å². The summed E-state index contributed by atoms with van der Waals surface area (Å²) in [5.41, 5.74) is 5.81. The number of aromatic nitrogens is 2. The molecule has 114 valence electrons. The van der Waals surface area contributed by atoms with Crippen LogP contribution in [-0.2, 0) is 16.7 Å². The SMILES string of the molecule is CCCOCC(C)(N)c1noc(Cc2ccccc2F)n1. The minimum Gasteiger partial charge on any atom is -0.379 e. The Hall–Kier alpha value is -1.79. The van der Waals surface area contributed by atoms with Crippen molar-refractivity contribution in [1.29, 1.82) is 0 Å². The molecule has 6 heteroatoms. The third-order valence-electron chi connectivity index (χ3n) is 3.03. The monoisotopic (exact) mass is 293 g/mol. The van der Waals surface area contributed by atoms with E-state index < -0.39 is 5.54 Å². The van der Waals surface area contributed by atoms with Gasteiger partial charge in [0.15, 0.2) is 5.82 Å². The highest BCUT2D eigenvalue weighted by Gasteiger charge is 2.28. The predicted molar refractivity (Wildman–Crippen MR) is 76.2 cm³/mol. The van der Waals surface area contributed by atoms with Crippen molar-refractivity contribution in [3.8, 4) is 0 Å². The van der Waals surface area contributed by atoms with Crippen LogP contribution in [0.25, 0.3) is 0 Å². The molecule has 2 aromatic rings. The van der Waals surface area contributed by atoms with Crippen molar-refractivity contribution in [2.75, 3.05) is 13.2 Å². The second kappa shape index (κ2) is 6.78. The lowest BCUT2D eigenvalue weighted by Gasteiger charge is -2.19. The molecule has 1 atom stereocenters. The zero-order valence-corrected chi connectivity index (χ0v) is 12.3. The first kappa shape index (κ1) is 15.6. The summed E-state index contributed by atoms with van der Waals surface area (Å²) in [6, 6.07) is 6.49. The van der Waals surface area contributed by atoms with E-state index in [1.165, 1.54) is 6.07 Å². The molecule has 2 N–H and O–H groups in total. The first-order chi connectivity index (χ1) is 10.0. The molecule has 2 rings (SSSR count). The van der Waals surface area contributed by atoms with Gasteiger partial charge in [0.1, 0.15) is 11.4 Å². The van der Waals surface area contributed by atoms with Crippen molar-refractivity contribution in [2.45, 2.75) is 32.2 Å². The second-order valence-corrected chi connectivity index (χ2v) is 5.25. The largest absolute Gasteiger partial charge is 0.379 e. The fourth-order valence-electron chi connectivity index (χ4n) is 1.86. The van der Waals surface area contributed by atoms with Crippen LogP contribution in [0.15, 0.2) is 28.8 Å². The van der Waals surface area contributed by atoms with Crippen molar-refractivity contribution < 1.29 is 13.7 Å². The molecule has 0 spiro atoms. The first-order valence-corrected chi connectivity index (χ1v) is 6.96. The van der Waals surface area contributed by atoms with Gasteiger partial charge in [-0.05, 0) is 25.0 Å². The van der Waals surface area contributed by atoms with Crippen LogP contribution >= 0.6 is 0 Å². The van der Waals surface area contributed by atoms with Gasteiger partial charge in [-0.3, -0.25) is 0 Å². The van der Waals surface area contributed by atoms with E-state index in [1.54, 1.807) is 25.1 Å². The molecule has 21 heavy (non-hydrogen) atoms. The van der Waals surface area contributed by atoms with Crippen LogP contribution in [0.4, 0.5) is 4.39 Å². The summed E-state index contributed by atoms with van der Waals surface area (Å²) in [6.45, 7) is 4.74. The molecule has 1 aromatic carbocycles. The van der Waals surface area contributed by atoms with Crippen LogP contribution in [0.1, 0.15) is 37.5 Å². The maximum atomic E-state index is 13.6. The Morgan fingerprint density at radius 1 is 1.38 bits per heavy atom. The fourth-order valence-corrected chi connectivity index (χ4v) is 1.86. The Morgan fingerprint density at radius 2 is 2.14 bits per heavy atom. The van der Waals surface area contributed by atoms with Crippen LogP contribution in [0.3, 0.4) is 0 Å². The normalized spacial score (nSPS) is 14.1. The number of rotatable bonds is 7. The zero-order valence-electron chi connectivity index (χ0n) is 12.3. The molecular weight excluding hydrogens is 273 g/mol. The second-order valence-electron chi connectivity index (χ2n) is 5.25. The topological polar surface area (TPSA) is 74.2 Å². The fraction of sp³-hybridized carbons (Fsp3) is 0.467. The van der Waals surface area contributed by atoms with E-state index in [9.17, 15) is 4.39 Å². The molecule has 5 nitrogen and oxygen atoms in total. The van der Waals surface area contributed by atoms with Crippen LogP contribution in [0.5, 0.6) is 0 Å². The number of benzene rings is 1. The van der Waals surface area contributed by atoms with Crippen molar-refractivity contribution in [3.05, 3.63) is 47.4 Å². The van der Waals surface area contributed by atoms with Crippen LogP contribution in [0, 0.1) is 5.82 Å². The first-order valence-electron chi connectivity index (χ1n) is 6.96. The Kier molecular flexibility index (Phi) is 5.03. The number of hydrogen-bond acceptors (Lipinski definition) is 5. The highest BCUT2D eigenvalue weighted by atomic mass is 19.1. The number of ether oxygens (including phenoxy) is 1. The van der Waals surface area contributed by atoms with Gasteiger partial charge in [-0.2, -0.15) is 4.98 Å². The van der Waals surface area contributed by atoms with E-state index >= 15 is 0 Å². The lowest BCUT2D eigenvalue weighted by molar-refractivity contribution is 0.0867. The van der Waals surface area contributed by atoms with Crippen LogP contribution in [-0.4, -0.2) is 23.4 Å². The summed E-state index contributed by atoms with van der Waals surface area (Å²) < 4.78 is 24.2. The summed E-state index contributed by atoms with van der Waals surface area (Å²) in [5.74, 6) is 0.409. The number of nitrogens with zero attached hydrogens (tertiary/aromatic N) is 2. The average molecular weight is 293 g/mol. The summed E-state index contributed by atoms with van der Waals surface area (Å²) >= 11 is 0. The lowest BCUT2D eigenvalue weighted by Crippen LogP contribution is -2.39. The summed E-state index contributed by atoms with van der Waals surface area (Å²) in [4.78, 5) is 4.25. The molecule has 1 heterocycles. The van der Waals surface area contributed by atoms with Crippen molar-refractivity contribution in [3.63, 3.8) is 0 Å². The van der Waals surface area contributed by atoms with Gasteiger partial charge in [0, 0.05) is 6.61 Å². The summed E-state index contributed by atoms with van der Waals surface area (Å²) in [5, 5.41) is 3.88. The van der Waals surface area contributed by atoms with Gasteiger partial charge in [-0.15, -0.1) is 0 Å². The Morgan fingerprint density at radius 3 is 2.86 bits per heavy atom. The van der Waals surface area contributed by atoms with Crippen molar-refractivity contribution in [2.24, 2.45) is 5.73 Å². The van der Waals surface area contributed by atoms with Gasteiger partial charge in [0.2, 0.25) is 5.89 Å². The van der Waals surface area contributed by atoms with Gasteiger partial charge < -0.3 is 15.0 Å². The minimum absolute atomic E-state index is 0.242. The van der Waals surface area contributed by atoms with Gasteiger partial charge in [-0.25, -0.2) is 4.39 Å². The zero-order chi connectivity index (χ0) is 15.3. The Labute approximate surface area is 123 Å². The molecule has 0 fully saturated rings. The third-order valence-corrected chi connectivity index (χ3v) is 3.03. The van der Waals surface area contributed by atoms with E-state index in [0.717, 1.165) is 6.42 Å². The number of hydrogen-bond donors (Lipinski definition) is 1. The Balaban J connectivity index is 2.05. The molecule has 0 bridgehead atoms. The lowest BCUT2D eigenvalue weighted by atomic mass is 10.1. The third kappa shape index (κ3) is 4.09. The molecule has 0 amide bonds. The minimum atomic E-state index is -0.827. The van der Waals surface area contributed by atoms with Crippen molar-refractivity contribution >= 4 is 0 Å². The molecule has 0 saturated heterocycles. The van der Waals surface area contributed by atoms with Crippen LogP contribution < -0.4 is 5.73 Å². The predicted octanol–water partition coefficient (Wildman–Crippen LogP) is 2.40. The molecule has 0 radical (unpaired) electrons. The molecule has 0 saturated carbocycles. The molecule has 1 unspecified atom stereocenters. The molecule has 0 aliphatic heterocycles. The van der Waals surface area contributed by atoms with E-state index in [2.05, 4.69) is 10.1 Å². The van der Waals surface area contributed by atoms with E-state index in [-0.39, 0.29) is 12.2 Å². The maximum absolute atomic E-state index is 13.6. The standard InChI is InChI=1S/C15H20FN3O2/c1-3-8-20-10-15(2,17)14-18-13(21-19-14)9-11-6-4-5-7-12(11)16/h4-7H,3,8-10,17H2,1-2H3. The number of halogens is 1. The van der Waals surface area contributed by atoms with Gasteiger partial charge in [0.25, 0.3) is 0 Å². The van der Waals surface area contributed by atoms with Gasteiger partial charge in [-0.1, -0.05) is 30.3 Å². The van der Waals surface area contributed by atoms with E-state index in [1.807, 2.05) is 6.92 Å². The molecular formula is C15H20FN3O2. The maximum Gasteiger partial charge on any atom is 0.231 e. The van der Waals surface area contributed by atoms with Gasteiger partial charge in [0.05, 0.1) is 13.0 Å². The van der Waals surface area contributed by atoms with Crippen LogP contribution in [0.2, 0.25) is 0 Å². The van der Waals surface area contributed by atoms with Gasteiger partial charge >= 0.3 is 0 Å².